The molecule has 8 nitrogen and oxygen atoms in total. The third kappa shape index (κ3) is 3.19. The average molecular weight is 258 g/mol. The van der Waals surface area contributed by atoms with Crippen LogP contribution >= 0.6 is 0 Å². The molecule has 1 aliphatic rings. The highest BCUT2D eigenvalue weighted by Crippen LogP contribution is 2.22. The van der Waals surface area contributed by atoms with Crippen molar-refractivity contribution in [2.75, 3.05) is 6.54 Å². The van der Waals surface area contributed by atoms with Crippen LogP contribution in [0.3, 0.4) is 0 Å². The molecule has 18 heavy (non-hydrogen) atoms. The molecule has 0 radical (unpaired) electrons. The van der Waals surface area contributed by atoms with Crippen LogP contribution in [0.4, 0.5) is 0 Å². The number of carboxylic acids is 2. The van der Waals surface area contributed by atoms with Crippen LogP contribution in [0.2, 0.25) is 0 Å². The van der Waals surface area contributed by atoms with Crippen molar-refractivity contribution in [1.82, 2.24) is 4.90 Å². The summed E-state index contributed by atoms with van der Waals surface area (Å²) in [5, 5.41) is 17.5. The van der Waals surface area contributed by atoms with Gasteiger partial charge in [-0.2, -0.15) is 0 Å². The Morgan fingerprint density at radius 3 is 2.39 bits per heavy atom. The highest BCUT2D eigenvalue weighted by Gasteiger charge is 2.39. The average Bonchev–Trinajstić information content (AvgIpc) is 2.60. The molecule has 1 aliphatic heterocycles. The maximum Gasteiger partial charge on any atom is 0.326 e. The molecule has 8 heteroatoms. The lowest BCUT2D eigenvalue weighted by molar-refractivity contribution is -0.149. The number of aliphatic carboxylic acids is 2. The number of amides is 2. The summed E-state index contributed by atoms with van der Waals surface area (Å²) in [6.45, 7) is -0.0647. The lowest BCUT2D eigenvalue weighted by atomic mass is 10.1. The third-order valence-electron chi connectivity index (χ3n) is 2.85. The molecule has 1 fully saturated rings. The molecule has 100 valence electrons. The summed E-state index contributed by atoms with van der Waals surface area (Å²) in [4.78, 5) is 45.0. The third-order valence-corrected chi connectivity index (χ3v) is 2.85. The minimum atomic E-state index is -1.28. The second kappa shape index (κ2) is 5.48. The summed E-state index contributed by atoms with van der Waals surface area (Å²) in [5.74, 6) is -4.27. The first-order valence-electron chi connectivity index (χ1n) is 5.36. The van der Waals surface area contributed by atoms with Gasteiger partial charge < -0.3 is 20.8 Å². The summed E-state index contributed by atoms with van der Waals surface area (Å²) in [6, 6.07) is -1.22. The van der Waals surface area contributed by atoms with E-state index in [1.54, 1.807) is 0 Å². The molecule has 1 saturated heterocycles. The van der Waals surface area contributed by atoms with E-state index in [1.807, 2.05) is 0 Å². The van der Waals surface area contributed by atoms with E-state index < -0.39 is 35.7 Å². The van der Waals surface area contributed by atoms with E-state index in [1.165, 1.54) is 0 Å². The lowest BCUT2D eigenvalue weighted by Crippen LogP contribution is -2.43. The van der Waals surface area contributed by atoms with E-state index in [0.29, 0.717) is 0 Å². The molecular formula is C10H14N2O6. The SMILES string of the molecule is NC(=O)C1CC(=O)N([C@@H](CCC(=O)O)C(=O)O)C1. The molecule has 1 unspecified atom stereocenters. The van der Waals surface area contributed by atoms with Gasteiger partial charge in [0.15, 0.2) is 0 Å². The lowest BCUT2D eigenvalue weighted by Gasteiger charge is -2.23. The number of hydrogen-bond donors (Lipinski definition) is 3. The number of rotatable bonds is 6. The molecule has 0 spiro atoms. The van der Waals surface area contributed by atoms with E-state index in [2.05, 4.69) is 0 Å². The molecule has 0 bridgehead atoms. The van der Waals surface area contributed by atoms with Crippen molar-refractivity contribution < 1.29 is 29.4 Å². The summed E-state index contributed by atoms with van der Waals surface area (Å²) in [6.07, 6.45) is -0.671. The van der Waals surface area contributed by atoms with Crippen LogP contribution in [-0.2, 0) is 19.2 Å². The Morgan fingerprint density at radius 1 is 1.39 bits per heavy atom. The predicted molar refractivity (Wildman–Crippen MR) is 57.3 cm³/mol. The zero-order chi connectivity index (χ0) is 13.9. The largest absolute Gasteiger partial charge is 0.481 e. The number of primary amides is 1. The molecule has 0 aromatic rings. The number of nitrogens with two attached hydrogens (primary N) is 1. The Labute approximate surface area is 102 Å². The van der Waals surface area contributed by atoms with Crippen LogP contribution in [-0.4, -0.2) is 51.5 Å². The number of carbonyl (C=O) groups is 4. The van der Waals surface area contributed by atoms with Gasteiger partial charge in [-0.15, -0.1) is 0 Å². The van der Waals surface area contributed by atoms with Gasteiger partial charge in [0.1, 0.15) is 6.04 Å². The topological polar surface area (TPSA) is 138 Å². The van der Waals surface area contributed by atoms with Crippen molar-refractivity contribution in [2.45, 2.75) is 25.3 Å². The van der Waals surface area contributed by atoms with E-state index in [-0.39, 0.29) is 25.8 Å². The van der Waals surface area contributed by atoms with Crippen LogP contribution in [0.15, 0.2) is 0 Å². The Kier molecular flexibility index (Phi) is 4.24. The Morgan fingerprint density at radius 2 is 2.00 bits per heavy atom. The molecule has 0 aliphatic carbocycles. The van der Waals surface area contributed by atoms with Gasteiger partial charge in [-0.25, -0.2) is 4.79 Å². The molecule has 0 aromatic heterocycles. The van der Waals surface area contributed by atoms with Gasteiger partial charge in [-0.05, 0) is 6.42 Å². The van der Waals surface area contributed by atoms with Crippen molar-refractivity contribution in [3.63, 3.8) is 0 Å². The quantitative estimate of drug-likeness (QED) is 0.537. The van der Waals surface area contributed by atoms with E-state index in [0.717, 1.165) is 4.90 Å². The van der Waals surface area contributed by atoms with Gasteiger partial charge in [-0.1, -0.05) is 0 Å². The van der Waals surface area contributed by atoms with Crippen LogP contribution in [0, 0.1) is 5.92 Å². The smallest absolute Gasteiger partial charge is 0.326 e. The van der Waals surface area contributed by atoms with Gasteiger partial charge in [0.2, 0.25) is 11.8 Å². The molecular weight excluding hydrogens is 244 g/mol. The predicted octanol–water partition coefficient (Wildman–Crippen LogP) is -1.36. The monoisotopic (exact) mass is 258 g/mol. The van der Waals surface area contributed by atoms with Crippen molar-refractivity contribution in [1.29, 1.82) is 0 Å². The molecule has 0 saturated carbocycles. The van der Waals surface area contributed by atoms with Crippen LogP contribution < -0.4 is 5.73 Å². The van der Waals surface area contributed by atoms with Gasteiger partial charge in [-0.3, -0.25) is 14.4 Å². The minimum absolute atomic E-state index is 0.0647. The first-order chi connectivity index (χ1) is 8.32. The standard InChI is InChI=1S/C10H14N2O6/c11-9(16)5-3-7(13)12(4-5)6(10(17)18)1-2-8(14)15/h5-6H,1-4H2,(H2,11,16)(H,14,15)(H,17,18)/t5?,6-/m0/s1. The Bertz CT molecular complexity index is 394. The molecule has 1 heterocycles. The first-order valence-corrected chi connectivity index (χ1v) is 5.36. The number of carboxylic acid groups (broad SMARTS) is 2. The molecule has 4 N–H and O–H groups in total. The maximum atomic E-state index is 11.6. The fourth-order valence-corrected chi connectivity index (χ4v) is 1.90. The van der Waals surface area contributed by atoms with Gasteiger partial charge in [0.05, 0.1) is 5.92 Å². The molecule has 2 atom stereocenters. The van der Waals surface area contributed by atoms with Crippen LogP contribution in [0.25, 0.3) is 0 Å². The summed E-state index contributed by atoms with van der Waals surface area (Å²) in [7, 11) is 0. The second-order valence-electron chi connectivity index (χ2n) is 4.14. The van der Waals surface area contributed by atoms with Crippen molar-refractivity contribution in [3.05, 3.63) is 0 Å². The summed E-state index contributed by atoms with van der Waals surface area (Å²) in [5.41, 5.74) is 5.06. The zero-order valence-electron chi connectivity index (χ0n) is 9.54. The molecule has 0 aromatic carbocycles. The highest BCUT2D eigenvalue weighted by molar-refractivity contribution is 5.91. The number of nitrogens with zero attached hydrogens (tertiary/aromatic N) is 1. The molecule has 1 rings (SSSR count). The summed E-state index contributed by atoms with van der Waals surface area (Å²) < 4.78 is 0. The number of carbonyl (C=O) groups excluding carboxylic acids is 2. The van der Waals surface area contributed by atoms with Crippen LogP contribution in [0.1, 0.15) is 19.3 Å². The Hall–Kier alpha value is -2.12. The molecule has 2 amide bonds. The Balaban J connectivity index is 2.74. The number of hydrogen-bond acceptors (Lipinski definition) is 4. The fraction of sp³-hybridized carbons (Fsp3) is 0.600. The first kappa shape index (κ1) is 13.9. The van der Waals surface area contributed by atoms with Crippen molar-refractivity contribution in [2.24, 2.45) is 11.7 Å². The van der Waals surface area contributed by atoms with Crippen LogP contribution in [0.5, 0.6) is 0 Å². The van der Waals surface area contributed by atoms with Crippen molar-refractivity contribution >= 4 is 23.8 Å². The maximum absolute atomic E-state index is 11.6. The number of likely N-dealkylation sites (tertiary alicyclic amines) is 1. The van der Waals surface area contributed by atoms with E-state index in [9.17, 15) is 19.2 Å². The second-order valence-corrected chi connectivity index (χ2v) is 4.14. The van der Waals surface area contributed by atoms with Crippen molar-refractivity contribution in [3.8, 4) is 0 Å². The highest BCUT2D eigenvalue weighted by atomic mass is 16.4. The summed E-state index contributed by atoms with van der Waals surface area (Å²) >= 11 is 0. The van der Waals surface area contributed by atoms with Gasteiger partial charge >= 0.3 is 11.9 Å². The minimum Gasteiger partial charge on any atom is -0.481 e. The van der Waals surface area contributed by atoms with E-state index in [4.69, 9.17) is 15.9 Å². The zero-order valence-corrected chi connectivity index (χ0v) is 9.54. The van der Waals surface area contributed by atoms with E-state index >= 15 is 0 Å². The van der Waals surface area contributed by atoms with Gasteiger partial charge in [0.25, 0.3) is 0 Å². The van der Waals surface area contributed by atoms with Gasteiger partial charge in [0, 0.05) is 19.4 Å². The fourth-order valence-electron chi connectivity index (χ4n) is 1.90. The normalized spacial score (nSPS) is 20.8.